The van der Waals surface area contributed by atoms with Gasteiger partial charge in [-0.15, -0.1) is 0 Å². The predicted molar refractivity (Wildman–Crippen MR) is 127 cm³/mol. The largest absolute Gasteiger partial charge is 0.494 e. The first-order valence-electron chi connectivity index (χ1n) is 10.3. The van der Waals surface area contributed by atoms with E-state index < -0.39 is 5.91 Å². The Hall–Kier alpha value is -4.57. The number of carbonyl (C=O) groups is 2. The molecule has 0 aromatic heterocycles. The summed E-state index contributed by atoms with van der Waals surface area (Å²) in [6, 6.07) is 24.7. The Morgan fingerprint density at radius 3 is 2.30 bits per heavy atom. The Kier molecular flexibility index (Phi) is 8.21. The molecule has 2 amide bonds. The molecule has 2 N–H and O–H groups in total. The molecule has 0 atom stereocenters. The average Bonchev–Trinajstić information content (AvgIpc) is 2.83. The molecule has 3 rings (SSSR count). The molecule has 3 aromatic rings. The molecular formula is C26H23N3O4. The molecule has 0 aliphatic heterocycles. The lowest BCUT2D eigenvalue weighted by atomic mass is 10.1. The molecule has 0 bridgehead atoms. The Morgan fingerprint density at radius 2 is 1.61 bits per heavy atom. The molecule has 0 aliphatic carbocycles. The number of anilines is 2. The van der Waals surface area contributed by atoms with E-state index in [9.17, 15) is 14.9 Å². The van der Waals surface area contributed by atoms with Gasteiger partial charge < -0.3 is 20.1 Å². The topological polar surface area (TPSA) is 100 Å². The molecule has 7 nitrogen and oxygen atoms in total. The van der Waals surface area contributed by atoms with E-state index in [4.69, 9.17) is 9.47 Å². The van der Waals surface area contributed by atoms with Crippen LogP contribution in [0, 0.1) is 11.3 Å². The molecule has 0 fully saturated rings. The van der Waals surface area contributed by atoms with Crippen molar-refractivity contribution in [2.24, 2.45) is 0 Å². The summed E-state index contributed by atoms with van der Waals surface area (Å²) in [7, 11) is 0. The number of nitrogens with one attached hydrogen (secondary N) is 2. The summed E-state index contributed by atoms with van der Waals surface area (Å²) < 4.78 is 10.9. The zero-order chi connectivity index (χ0) is 23.5. The normalized spacial score (nSPS) is 10.6. The highest BCUT2D eigenvalue weighted by molar-refractivity contribution is 6.09. The predicted octanol–water partition coefficient (Wildman–Crippen LogP) is 4.65. The van der Waals surface area contributed by atoms with Crippen LogP contribution in [-0.4, -0.2) is 25.0 Å². The van der Waals surface area contributed by atoms with Gasteiger partial charge in [-0.1, -0.05) is 30.3 Å². The second kappa shape index (κ2) is 11.7. The second-order valence-electron chi connectivity index (χ2n) is 6.86. The van der Waals surface area contributed by atoms with Gasteiger partial charge in [-0.3, -0.25) is 9.59 Å². The number of nitrogens with zero attached hydrogens (tertiary/aromatic N) is 1. The first-order valence-corrected chi connectivity index (χ1v) is 10.3. The van der Waals surface area contributed by atoms with E-state index in [1.54, 1.807) is 60.7 Å². The molecule has 3 aromatic carbocycles. The van der Waals surface area contributed by atoms with Crippen molar-refractivity contribution in [2.45, 2.75) is 6.92 Å². The highest BCUT2D eigenvalue weighted by atomic mass is 16.5. The molecule has 0 aliphatic rings. The number of amides is 2. The van der Waals surface area contributed by atoms with Crippen LogP contribution in [-0.2, 0) is 9.59 Å². The minimum Gasteiger partial charge on any atom is -0.494 e. The van der Waals surface area contributed by atoms with Crippen LogP contribution in [0.5, 0.6) is 11.5 Å². The quantitative estimate of drug-likeness (QED) is 0.372. The number of nitriles is 1. The summed E-state index contributed by atoms with van der Waals surface area (Å²) >= 11 is 0. The smallest absolute Gasteiger partial charge is 0.266 e. The molecule has 7 heteroatoms. The number of hydrogen-bond acceptors (Lipinski definition) is 5. The van der Waals surface area contributed by atoms with Crippen molar-refractivity contribution in [3.63, 3.8) is 0 Å². The van der Waals surface area contributed by atoms with Gasteiger partial charge in [0.25, 0.3) is 11.8 Å². The Balaban J connectivity index is 1.61. The van der Waals surface area contributed by atoms with Crippen LogP contribution in [0.4, 0.5) is 11.4 Å². The molecule has 0 saturated carbocycles. The number of rotatable bonds is 9. The van der Waals surface area contributed by atoms with Crippen LogP contribution in [0.25, 0.3) is 6.08 Å². The second-order valence-corrected chi connectivity index (χ2v) is 6.86. The molecular weight excluding hydrogens is 418 g/mol. The first-order chi connectivity index (χ1) is 16.1. The van der Waals surface area contributed by atoms with Crippen molar-refractivity contribution in [1.82, 2.24) is 0 Å². The molecule has 0 unspecified atom stereocenters. The number of hydrogen-bond donors (Lipinski definition) is 2. The van der Waals surface area contributed by atoms with Crippen molar-refractivity contribution in [3.05, 3.63) is 90.0 Å². The standard InChI is InChI=1S/C26H23N3O4/c1-2-32-23-13-11-22(12-14-23)29-26(31)20(17-27)15-19-7-6-10-24(16-19)33-18-25(30)28-21-8-4-3-5-9-21/h3-16H,2,18H2,1H3,(H,28,30)(H,29,31)/b20-15+. The van der Waals surface area contributed by atoms with Gasteiger partial charge in [0.2, 0.25) is 0 Å². The Bertz CT molecular complexity index is 1170. The van der Waals surface area contributed by atoms with E-state index >= 15 is 0 Å². The van der Waals surface area contributed by atoms with Crippen LogP contribution in [0.3, 0.4) is 0 Å². The molecule has 166 valence electrons. The third-order valence-corrected chi connectivity index (χ3v) is 4.38. The summed E-state index contributed by atoms with van der Waals surface area (Å²) in [4.78, 5) is 24.6. The van der Waals surface area contributed by atoms with Crippen LogP contribution in [0.2, 0.25) is 0 Å². The lowest BCUT2D eigenvalue weighted by Gasteiger charge is -2.08. The van der Waals surface area contributed by atoms with Crippen molar-refractivity contribution in [2.75, 3.05) is 23.8 Å². The maximum atomic E-state index is 12.5. The Labute approximate surface area is 192 Å². The number of para-hydroxylation sites is 1. The van der Waals surface area contributed by atoms with Crippen molar-refractivity contribution in [3.8, 4) is 17.6 Å². The van der Waals surface area contributed by atoms with Gasteiger partial charge >= 0.3 is 0 Å². The summed E-state index contributed by atoms with van der Waals surface area (Å²) in [6.45, 7) is 2.26. The molecule has 0 heterocycles. The van der Waals surface area contributed by atoms with Gasteiger partial charge in [0.05, 0.1) is 6.61 Å². The van der Waals surface area contributed by atoms with Gasteiger partial charge in [-0.05, 0) is 67.1 Å². The lowest BCUT2D eigenvalue weighted by molar-refractivity contribution is -0.118. The summed E-state index contributed by atoms with van der Waals surface area (Å²) in [5, 5.41) is 14.9. The summed E-state index contributed by atoms with van der Waals surface area (Å²) in [5.41, 5.74) is 1.75. The van der Waals surface area contributed by atoms with E-state index in [0.29, 0.717) is 35.0 Å². The fourth-order valence-corrected chi connectivity index (χ4v) is 2.88. The van der Waals surface area contributed by atoms with E-state index in [1.165, 1.54) is 6.08 Å². The third kappa shape index (κ3) is 7.26. The van der Waals surface area contributed by atoms with Gasteiger partial charge in [-0.2, -0.15) is 5.26 Å². The van der Waals surface area contributed by atoms with Crippen LogP contribution >= 0.6 is 0 Å². The number of carbonyl (C=O) groups excluding carboxylic acids is 2. The minimum absolute atomic E-state index is 0.0668. The highest BCUT2D eigenvalue weighted by Crippen LogP contribution is 2.19. The first kappa shape index (κ1) is 23.1. The van der Waals surface area contributed by atoms with Crippen molar-refractivity contribution in [1.29, 1.82) is 5.26 Å². The van der Waals surface area contributed by atoms with Crippen LogP contribution in [0.15, 0.2) is 84.4 Å². The summed E-state index contributed by atoms with van der Waals surface area (Å²) in [5.74, 6) is 0.307. The molecule has 0 saturated heterocycles. The fourth-order valence-electron chi connectivity index (χ4n) is 2.88. The van der Waals surface area contributed by atoms with Gasteiger partial charge in [0.15, 0.2) is 6.61 Å². The number of benzene rings is 3. The Morgan fingerprint density at radius 1 is 0.879 bits per heavy atom. The molecule has 33 heavy (non-hydrogen) atoms. The maximum Gasteiger partial charge on any atom is 0.266 e. The van der Waals surface area contributed by atoms with Crippen molar-refractivity contribution >= 4 is 29.3 Å². The maximum absolute atomic E-state index is 12.5. The van der Waals surface area contributed by atoms with Gasteiger partial charge in [-0.25, -0.2) is 0 Å². The van der Waals surface area contributed by atoms with Crippen molar-refractivity contribution < 1.29 is 19.1 Å². The zero-order valence-electron chi connectivity index (χ0n) is 18.1. The average molecular weight is 441 g/mol. The SMILES string of the molecule is CCOc1ccc(NC(=O)/C(C#N)=C/c2cccc(OCC(=O)Nc3ccccc3)c2)cc1. The molecule has 0 spiro atoms. The summed E-state index contributed by atoms with van der Waals surface area (Å²) in [6.07, 6.45) is 1.46. The van der Waals surface area contributed by atoms with Crippen LogP contribution < -0.4 is 20.1 Å². The molecule has 0 radical (unpaired) electrons. The van der Waals surface area contributed by atoms with E-state index in [1.807, 2.05) is 31.2 Å². The third-order valence-electron chi connectivity index (χ3n) is 4.38. The fraction of sp³-hybridized carbons (Fsp3) is 0.115. The monoisotopic (exact) mass is 441 g/mol. The van der Waals surface area contributed by atoms with E-state index in [0.717, 1.165) is 0 Å². The van der Waals surface area contributed by atoms with E-state index in [-0.39, 0.29) is 18.1 Å². The van der Waals surface area contributed by atoms with Crippen LogP contribution in [0.1, 0.15) is 12.5 Å². The highest BCUT2D eigenvalue weighted by Gasteiger charge is 2.10. The minimum atomic E-state index is -0.532. The van der Waals surface area contributed by atoms with Gasteiger partial charge in [0, 0.05) is 11.4 Å². The van der Waals surface area contributed by atoms with Gasteiger partial charge in [0.1, 0.15) is 23.1 Å². The number of ether oxygens (including phenoxy) is 2. The van der Waals surface area contributed by atoms with E-state index in [2.05, 4.69) is 10.6 Å². The zero-order valence-corrected chi connectivity index (χ0v) is 18.1. The lowest BCUT2D eigenvalue weighted by Crippen LogP contribution is -2.20.